The molecule has 2 amide bonds. The largest absolute Gasteiger partial charge is 0.324 e. The molecule has 4 rings (SSSR count). The van der Waals surface area contributed by atoms with Gasteiger partial charge in [-0.15, -0.1) is 0 Å². The lowest BCUT2D eigenvalue weighted by Crippen LogP contribution is -2.47. The zero-order valence-corrected chi connectivity index (χ0v) is 11.5. The number of fused-ring (bicyclic) bond motifs is 4. The van der Waals surface area contributed by atoms with E-state index in [1.807, 2.05) is 37.4 Å². The molecule has 3 aliphatic rings. The van der Waals surface area contributed by atoms with E-state index in [2.05, 4.69) is 9.80 Å². The Balaban J connectivity index is 1.76. The van der Waals surface area contributed by atoms with Crippen LogP contribution in [0.4, 0.5) is 10.5 Å². The van der Waals surface area contributed by atoms with E-state index in [4.69, 9.17) is 0 Å². The van der Waals surface area contributed by atoms with Gasteiger partial charge in [-0.25, -0.2) is 4.79 Å². The molecule has 1 aromatic rings. The van der Waals surface area contributed by atoms with Crippen LogP contribution in [0.1, 0.15) is 12.8 Å². The molecule has 3 heterocycles. The predicted molar refractivity (Wildman–Crippen MR) is 76.4 cm³/mol. The molecule has 0 atom stereocenters. The number of piperidine rings is 1. The average Bonchev–Trinajstić information content (AvgIpc) is 2.80. The van der Waals surface area contributed by atoms with Crippen molar-refractivity contribution < 1.29 is 4.79 Å². The van der Waals surface area contributed by atoms with Crippen molar-refractivity contribution in [3.63, 3.8) is 0 Å². The molecule has 0 radical (unpaired) electrons. The first-order valence-corrected chi connectivity index (χ1v) is 7.07. The quantitative estimate of drug-likeness (QED) is 0.771. The summed E-state index contributed by atoms with van der Waals surface area (Å²) in [6, 6.07) is 10.4. The monoisotopic (exact) mass is 259 g/mol. The molecule has 102 valence electrons. The maximum absolute atomic E-state index is 12.7. The topological polar surface area (TPSA) is 26.8 Å². The fourth-order valence-corrected chi connectivity index (χ4v) is 3.09. The van der Waals surface area contributed by atoms with Crippen LogP contribution in [0, 0.1) is 0 Å². The summed E-state index contributed by atoms with van der Waals surface area (Å²) < 4.78 is 0. The fraction of sp³-hybridized carbons (Fsp3) is 0.533. The number of anilines is 1. The Hall–Kier alpha value is -1.55. The highest BCUT2D eigenvalue weighted by Crippen LogP contribution is 2.23. The Bertz CT molecular complexity index is 440. The molecule has 0 spiro atoms. The molecular weight excluding hydrogens is 238 g/mol. The van der Waals surface area contributed by atoms with Crippen molar-refractivity contribution in [2.24, 2.45) is 0 Å². The van der Waals surface area contributed by atoms with E-state index in [1.54, 1.807) is 4.90 Å². The summed E-state index contributed by atoms with van der Waals surface area (Å²) in [6.45, 7) is 4.17. The van der Waals surface area contributed by atoms with Crippen LogP contribution in [0.15, 0.2) is 30.3 Å². The van der Waals surface area contributed by atoms with Crippen molar-refractivity contribution >= 4 is 11.7 Å². The van der Waals surface area contributed by atoms with Crippen LogP contribution in [-0.2, 0) is 0 Å². The summed E-state index contributed by atoms with van der Waals surface area (Å²) >= 11 is 0. The summed E-state index contributed by atoms with van der Waals surface area (Å²) in [6.07, 6.45) is 2.24. The number of benzene rings is 1. The predicted octanol–water partition coefficient (Wildman–Crippen LogP) is 2.02. The molecule has 0 aliphatic carbocycles. The van der Waals surface area contributed by atoms with Crippen LogP contribution in [0.3, 0.4) is 0 Å². The molecular formula is C15H21N3O. The van der Waals surface area contributed by atoms with Crippen molar-refractivity contribution in [1.29, 1.82) is 0 Å². The minimum Gasteiger partial charge on any atom is -0.320 e. The van der Waals surface area contributed by atoms with Crippen molar-refractivity contribution in [3.05, 3.63) is 30.3 Å². The second kappa shape index (κ2) is 5.21. The Morgan fingerprint density at radius 3 is 2.47 bits per heavy atom. The van der Waals surface area contributed by atoms with Gasteiger partial charge in [-0.05, 0) is 25.0 Å². The number of para-hydroxylation sites is 1. The highest BCUT2D eigenvalue weighted by atomic mass is 16.2. The Morgan fingerprint density at radius 2 is 1.79 bits per heavy atom. The molecule has 4 heteroatoms. The van der Waals surface area contributed by atoms with Crippen LogP contribution in [0.5, 0.6) is 0 Å². The standard InChI is InChI=1S/C15H21N3O/c1-16(13-5-3-2-4-6-13)15(19)18-12-11-17-9-7-14(18)8-10-17/h2-6,14H,7-12H2,1H3. The Labute approximate surface area is 114 Å². The van der Waals surface area contributed by atoms with Crippen molar-refractivity contribution in [3.8, 4) is 0 Å². The number of amides is 2. The Kier molecular flexibility index (Phi) is 3.42. The number of hydrogen-bond donors (Lipinski definition) is 0. The lowest BCUT2D eigenvalue weighted by Gasteiger charge is -2.34. The third kappa shape index (κ3) is 2.45. The van der Waals surface area contributed by atoms with E-state index in [9.17, 15) is 4.79 Å². The summed E-state index contributed by atoms with van der Waals surface area (Å²) in [5.41, 5.74) is 0.964. The number of nitrogens with zero attached hydrogens (tertiary/aromatic N) is 3. The molecule has 1 aromatic carbocycles. The van der Waals surface area contributed by atoms with Gasteiger partial charge in [-0.2, -0.15) is 0 Å². The van der Waals surface area contributed by atoms with Crippen LogP contribution < -0.4 is 4.90 Å². The summed E-state index contributed by atoms with van der Waals surface area (Å²) in [7, 11) is 1.87. The van der Waals surface area contributed by atoms with Gasteiger partial charge >= 0.3 is 6.03 Å². The highest BCUT2D eigenvalue weighted by Gasteiger charge is 2.33. The molecule has 0 aromatic heterocycles. The van der Waals surface area contributed by atoms with Crippen LogP contribution in [0.25, 0.3) is 0 Å². The van der Waals surface area contributed by atoms with Crippen LogP contribution in [0.2, 0.25) is 0 Å². The van der Waals surface area contributed by atoms with E-state index in [0.717, 1.165) is 44.7 Å². The fourth-order valence-electron chi connectivity index (χ4n) is 3.09. The number of rotatable bonds is 1. The van der Waals surface area contributed by atoms with Crippen molar-refractivity contribution in [1.82, 2.24) is 9.80 Å². The van der Waals surface area contributed by atoms with Gasteiger partial charge in [0.1, 0.15) is 0 Å². The van der Waals surface area contributed by atoms with Gasteiger partial charge in [0.05, 0.1) is 0 Å². The minimum absolute atomic E-state index is 0.139. The number of carbonyl (C=O) groups is 1. The molecule has 2 bridgehead atoms. The van der Waals surface area contributed by atoms with E-state index >= 15 is 0 Å². The molecule has 3 saturated heterocycles. The van der Waals surface area contributed by atoms with Gasteiger partial charge in [-0.3, -0.25) is 4.90 Å². The minimum atomic E-state index is 0.139. The van der Waals surface area contributed by atoms with Gasteiger partial charge < -0.3 is 9.80 Å². The van der Waals surface area contributed by atoms with E-state index in [0.29, 0.717) is 6.04 Å². The summed E-state index contributed by atoms with van der Waals surface area (Å²) in [5.74, 6) is 0. The van der Waals surface area contributed by atoms with Gasteiger partial charge in [0.2, 0.25) is 0 Å². The first-order valence-electron chi connectivity index (χ1n) is 7.07. The molecule has 0 saturated carbocycles. The number of urea groups is 1. The second-order valence-corrected chi connectivity index (χ2v) is 5.44. The maximum Gasteiger partial charge on any atom is 0.324 e. The smallest absolute Gasteiger partial charge is 0.320 e. The third-order valence-corrected chi connectivity index (χ3v) is 4.33. The zero-order valence-electron chi connectivity index (χ0n) is 11.5. The lowest BCUT2D eigenvalue weighted by molar-refractivity contribution is 0.177. The van der Waals surface area contributed by atoms with Crippen molar-refractivity contribution in [2.45, 2.75) is 18.9 Å². The molecule has 3 fully saturated rings. The lowest BCUT2D eigenvalue weighted by atomic mass is 10.1. The maximum atomic E-state index is 12.7. The van der Waals surface area contributed by atoms with Gasteiger partial charge in [0.25, 0.3) is 0 Å². The SMILES string of the molecule is CN(C(=O)N1CCN2CCC1CC2)c1ccccc1. The van der Waals surface area contributed by atoms with E-state index in [1.165, 1.54) is 0 Å². The first-order chi connectivity index (χ1) is 9.25. The molecule has 3 aliphatic heterocycles. The van der Waals surface area contributed by atoms with Crippen LogP contribution in [-0.4, -0.2) is 55.1 Å². The number of carbonyl (C=O) groups excluding carboxylic acids is 1. The van der Waals surface area contributed by atoms with Gasteiger partial charge in [0.15, 0.2) is 0 Å². The first kappa shape index (κ1) is 12.5. The van der Waals surface area contributed by atoms with Gasteiger partial charge in [0, 0.05) is 45.0 Å². The van der Waals surface area contributed by atoms with Crippen LogP contribution >= 0.6 is 0 Å². The van der Waals surface area contributed by atoms with Gasteiger partial charge in [-0.1, -0.05) is 18.2 Å². The van der Waals surface area contributed by atoms with Crippen molar-refractivity contribution in [2.75, 3.05) is 38.1 Å². The zero-order chi connectivity index (χ0) is 13.2. The van der Waals surface area contributed by atoms with E-state index in [-0.39, 0.29) is 6.03 Å². The number of hydrogen-bond acceptors (Lipinski definition) is 2. The van der Waals surface area contributed by atoms with E-state index < -0.39 is 0 Å². The third-order valence-electron chi connectivity index (χ3n) is 4.33. The Morgan fingerprint density at radius 1 is 1.11 bits per heavy atom. The second-order valence-electron chi connectivity index (χ2n) is 5.44. The molecule has 0 N–H and O–H groups in total. The molecule has 4 nitrogen and oxygen atoms in total. The normalized spacial score (nSPS) is 26.1. The highest BCUT2D eigenvalue weighted by molar-refractivity contribution is 5.91. The average molecular weight is 259 g/mol. The summed E-state index contributed by atoms with van der Waals surface area (Å²) in [5, 5.41) is 0. The molecule has 0 unspecified atom stereocenters. The summed E-state index contributed by atoms with van der Waals surface area (Å²) in [4.78, 5) is 19.0. The molecule has 19 heavy (non-hydrogen) atoms.